The molecular formula is C19H14LiO2P. The zero-order valence-corrected chi connectivity index (χ0v) is 13.7. The molecule has 0 saturated heterocycles. The van der Waals surface area contributed by atoms with E-state index in [-0.39, 0.29) is 24.4 Å². The summed E-state index contributed by atoms with van der Waals surface area (Å²) in [5, 5.41) is 0.953. The van der Waals surface area contributed by atoms with Gasteiger partial charge in [0, 0.05) is 5.52 Å². The minimum absolute atomic E-state index is 0. The number of rotatable bonds is 5. The average molecular weight is 312 g/mol. The second kappa shape index (κ2) is 8.70. The van der Waals surface area contributed by atoms with Gasteiger partial charge in [-0.05, 0) is 29.8 Å². The molecule has 0 atom stereocenters. The summed E-state index contributed by atoms with van der Waals surface area (Å²) in [6.07, 6.45) is 0. The molecule has 0 N–H and O–H groups in total. The summed E-state index contributed by atoms with van der Waals surface area (Å²) >= 11 is 0. The topological polar surface area (TPSA) is 26.3 Å². The van der Waals surface area contributed by atoms with Crippen LogP contribution in [-0.4, -0.2) is 5.52 Å². The Morgan fingerprint density at radius 1 is 0.696 bits per heavy atom. The van der Waals surface area contributed by atoms with Crippen LogP contribution in [0.25, 0.3) is 0 Å². The standard InChI is InChI=1S/C19H14O2P.Li/c20-19(15-7-3-1-4-8-15)22-18-13-11-17(12-14-18)21-16-9-5-2-6-10-16;/h1-14H;/q-1;+1. The van der Waals surface area contributed by atoms with Crippen molar-refractivity contribution < 1.29 is 28.4 Å². The van der Waals surface area contributed by atoms with E-state index in [0.717, 1.165) is 22.4 Å². The third kappa shape index (κ3) is 5.08. The molecular weight excluding hydrogens is 298 g/mol. The minimum Gasteiger partial charge on any atom is -0.457 e. The van der Waals surface area contributed by atoms with Gasteiger partial charge in [-0.3, -0.25) is 0 Å². The van der Waals surface area contributed by atoms with E-state index in [0.29, 0.717) is 8.58 Å². The third-order valence-corrected chi connectivity index (χ3v) is 4.08. The molecule has 3 rings (SSSR count). The molecule has 0 saturated carbocycles. The Balaban J connectivity index is 0.00000192. The van der Waals surface area contributed by atoms with Crippen molar-refractivity contribution in [3.05, 3.63) is 90.5 Å². The molecule has 0 amide bonds. The molecule has 108 valence electrons. The maximum Gasteiger partial charge on any atom is 1.00 e. The molecule has 0 aliphatic rings. The molecule has 0 spiro atoms. The SMILES string of the molecule is O=C([P-]c1ccc(Oc2ccccc2)cc1)c1ccccc1.[Li+]. The monoisotopic (exact) mass is 312 g/mol. The Hall–Kier alpha value is -1.84. The summed E-state index contributed by atoms with van der Waals surface area (Å²) in [5.41, 5.74) is 0.825. The second-order valence-corrected chi connectivity index (χ2v) is 5.84. The number of hydrogen-bond donors (Lipinski definition) is 0. The van der Waals surface area contributed by atoms with Crippen LogP contribution in [0.3, 0.4) is 0 Å². The van der Waals surface area contributed by atoms with Gasteiger partial charge < -0.3 is 18.1 Å². The summed E-state index contributed by atoms with van der Waals surface area (Å²) in [6.45, 7) is 0. The zero-order chi connectivity index (χ0) is 15.2. The summed E-state index contributed by atoms with van der Waals surface area (Å²) in [4.78, 5) is 12.1. The van der Waals surface area contributed by atoms with Crippen molar-refractivity contribution in [2.75, 3.05) is 0 Å². The zero-order valence-electron chi connectivity index (χ0n) is 12.8. The summed E-state index contributed by atoms with van der Waals surface area (Å²) < 4.78 is 5.73. The van der Waals surface area contributed by atoms with E-state index in [9.17, 15) is 4.79 Å². The number of hydrogen-bond acceptors (Lipinski definition) is 2. The molecule has 4 heteroatoms. The van der Waals surface area contributed by atoms with Crippen molar-refractivity contribution >= 4 is 19.4 Å². The minimum atomic E-state index is 0. The first-order chi connectivity index (χ1) is 10.8. The smallest absolute Gasteiger partial charge is 0.457 e. The summed E-state index contributed by atoms with van der Waals surface area (Å²) in [5.74, 6) is 1.56. The van der Waals surface area contributed by atoms with Crippen LogP contribution in [0.15, 0.2) is 84.9 Å². The Kier molecular flexibility index (Phi) is 6.62. The van der Waals surface area contributed by atoms with E-state index < -0.39 is 0 Å². The van der Waals surface area contributed by atoms with Gasteiger partial charge in [0.1, 0.15) is 11.5 Å². The van der Waals surface area contributed by atoms with Crippen molar-refractivity contribution in [3.63, 3.8) is 0 Å². The molecule has 0 unspecified atom stereocenters. The van der Waals surface area contributed by atoms with Crippen molar-refractivity contribution in [3.8, 4) is 11.5 Å². The molecule has 3 aromatic rings. The number of carbonyl (C=O) groups excluding carboxylic acids is 1. The largest absolute Gasteiger partial charge is 1.00 e. The number of para-hydroxylation sites is 1. The maximum atomic E-state index is 12.1. The fourth-order valence-corrected chi connectivity index (χ4v) is 2.79. The normalized spacial score (nSPS) is 10.3. The van der Waals surface area contributed by atoms with Crippen molar-refractivity contribution in [1.29, 1.82) is 0 Å². The van der Waals surface area contributed by atoms with Gasteiger partial charge in [0.15, 0.2) is 0 Å². The molecule has 0 bridgehead atoms. The molecule has 2 nitrogen and oxygen atoms in total. The molecule has 0 fully saturated rings. The first-order valence-corrected chi connectivity index (χ1v) is 7.85. The molecule has 23 heavy (non-hydrogen) atoms. The van der Waals surface area contributed by atoms with Crippen LogP contribution in [-0.2, 0) is 0 Å². The van der Waals surface area contributed by atoms with Crippen molar-refractivity contribution in [2.45, 2.75) is 0 Å². The van der Waals surface area contributed by atoms with Crippen molar-refractivity contribution in [2.24, 2.45) is 0 Å². The van der Waals surface area contributed by atoms with E-state index in [1.807, 2.05) is 84.9 Å². The predicted molar refractivity (Wildman–Crippen MR) is 90.3 cm³/mol. The molecule has 0 heterocycles. The van der Waals surface area contributed by atoms with Gasteiger partial charge in [-0.2, -0.15) is 5.30 Å². The first kappa shape index (κ1) is 17.5. The van der Waals surface area contributed by atoms with Crippen LogP contribution >= 0.6 is 8.58 Å². The molecule has 0 aromatic heterocycles. The fourth-order valence-electron chi connectivity index (χ4n) is 1.98. The molecule has 3 aromatic carbocycles. The van der Waals surface area contributed by atoms with E-state index in [2.05, 4.69) is 0 Å². The van der Waals surface area contributed by atoms with Crippen LogP contribution in [0.5, 0.6) is 11.5 Å². The second-order valence-electron chi connectivity index (χ2n) is 4.69. The number of carbonyl (C=O) groups is 1. The summed E-state index contributed by atoms with van der Waals surface area (Å²) in [6, 6.07) is 26.6. The van der Waals surface area contributed by atoms with E-state index in [1.54, 1.807) is 0 Å². The maximum absolute atomic E-state index is 12.1. The predicted octanol–water partition coefficient (Wildman–Crippen LogP) is 1.89. The summed E-state index contributed by atoms with van der Waals surface area (Å²) in [7, 11) is 0.671. The van der Waals surface area contributed by atoms with Crippen LogP contribution in [0.1, 0.15) is 10.4 Å². The van der Waals surface area contributed by atoms with Gasteiger partial charge in [-0.1, -0.05) is 60.7 Å². The Morgan fingerprint density at radius 3 is 1.83 bits per heavy atom. The van der Waals surface area contributed by atoms with E-state index in [1.165, 1.54) is 0 Å². The Labute approximate surface area is 149 Å². The van der Waals surface area contributed by atoms with Crippen molar-refractivity contribution in [1.82, 2.24) is 0 Å². The van der Waals surface area contributed by atoms with Gasteiger partial charge in [0.25, 0.3) is 0 Å². The first-order valence-electron chi connectivity index (χ1n) is 6.95. The Bertz CT molecular complexity index is 743. The molecule has 0 aliphatic heterocycles. The molecule has 0 radical (unpaired) electrons. The number of benzene rings is 3. The van der Waals surface area contributed by atoms with Crippen LogP contribution in [0.4, 0.5) is 0 Å². The van der Waals surface area contributed by atoms with Gasteiger partial charge in [-0.15, -0.1) is 0 Å². The number of ether oxygens (including phenoxy) is 1. The Morgan fingerprint density at radius 2 is 1.22 bits per heavy atom. The third-order valence-electron chi connectivity index (χ3n) is 3.07. The van der Waals surface area contributed by atoms with E-state index >= 15 is 0 Å². The van der Waals surface area contributed by atoms with Crippen LogP contribution < -0.4 is 28.9 Å². The van der Waals surface area contributed by atoms with E-state index in [4.69, 9.17) is 4.74 Å². The average Bonchev–Trinajstić information content (AvgIpc) is 2.58. The van der Waals surface area contributed by atoms with Gasteiger partial charge in [-0.25, -0.2) is 0 Å². The quantitative estimate of drug-likeness (QED) is 0.531. The van der Waals surface area contributed by atoms with Gasteiger partial charge in [0.05, 0.1) is 0 Å². The van der Waals surface area contributed by atoms with Crippen LogP contribution in [0, 0.1) is 0 Å². The fraction of sp³-hybridized carbons (Fsp3) is 0. The molecule has 0 aliphatic carbocycles. The van der Waals surface area contributed by atoms with Gasteiger partial charge >= 0.3 is 18.9 Å². The van der Waals surface area contributed by atoms with Gasteiger partial charge in [0.2, 0.25) is 0 Å². The van der Waals surface area contributed by atoms with Crippen LogP contribution in [0.2, 0.25) is 0 Å².